The highest BCUT2D eigenvalue weighted by atomic mass is 16.5. The predicted octanol–water partition coefficient (Wildman–Crippen LogP) is 2.97. The molecule has 2 N–H and O–H groups in total. The van der Waals surface area contributed by atoms with Gasteiger partial charge in [-0.1, -0.05) is 60.7 Å². The Balaban J connectivity index is 1.43. The minimum absolute atomic E-state index is 0.00568. The highest BCUT2D eigenvalue weighted by molar-refractivity contribution is 5.14. The first-order valence-corrected chi connectivity index (χ1v) is 10.2. The van der Waals surface area contributed by atoms with Crippen molar-refractivity contribution < 1.29 is 9.47 Å². The van der Waals surface area contributed by atoms with E-state index in [4.69, 9.17) is 15.2 Å². The Morgan fingerprint density at radius 3 is 2.30 bits per heavy atom. The van der Waals surface area contributed by atoms with Gasteiger partial charge in [0.05, 0.1) is 25.9 Å². The lowest BCUT2D eigenvalue weighted by Gasteiger charge is -2.20. The monoisotopic (exact) mass is 406 g/mol. The van der Waals surface area contributed by atoms with Gasteiger partial charge in [-0.25, -0.2) is 9.78 Å². The zero-order valence-electron chi connectivity index (χ0n) is 16.8. The van der Waals surface area contributed by atoms with Gasteiger partial charge in [-0.2, -0.15) is 4.98 Å². The van der Waals surface area contributed by atoms with Crippen LogP contribution in [-0.2, 0) is 22.7 Å². The fourth-order valence-corrected chi connectivity index (χ4v) is 3.95. The number of ether oxygens (including phenoxy) is 2. The second kappa shape index (κ2) is 9.65. The molecule has 0 radical (unpaired) electrons. The number of aromatic nitrogens is 3. The maximum absolute atomic E-state index is 12.3. The van der Waals surface area contributed by atoms with Gasteiger partial charge in [0.2, 0.25) is 5.95 Å². The molecule has 156 valence electrons. The Labute approximate surface area is 175 Å². The summed E-state index contributed by atoms with van der Waals surface area (Å²) < 4.78 is 13.8. The fourth-order valence-electron chi connectivity index (χ4n) is 3.95. The molecule has 0 amide bonds. The van der Waals surface area contributed by atoms with E-state index in [0.717, 1.165) is 17.5 Å². The molecular formula is C23H26N4O3. The summed E-state index contributed by atoms with van der Waals surface area (Å²) >= 11 is 0. The molecule has 0 bridgehead atoms. The fraction of sp³-hybridized carbons (Fsp3) is 0.348. The van der Waals surface area contributed by atoms with Crippen LogP contribution < -0.4 is 11.4 Å². The van der Waals surface area contributed by atoms with Crippen molar-refractivity contribution in [3.63, 3.8) is 0 Å². The van der Waals surface area contributed by atoms with Crippen molar-refractivity contribution >= 4 is 5.95 Å². The number of hydrogen-bond donors (Lipinski definition) is 1. The first-order chi connectivity index (χ1) is 14.7. The highest BCUT2D eigenvalue weighted by Crippen LogP contribution is 2.36. The van der Waals surface area contributed by atoms with Crippen LogP contribution >= 0.6 is 0 Å². The van der Waals surface area contributed by atoms with Crippen LogP contribution in [0.1, 0.15) is 30.0 Å². The summed E-state index contributed by atoms with van der Waals surface area (Å²) in [5.41, 5.74) is 7.42. The molecule has 1 unspecified atom stereocenters. The van der Waals surface area contributed by atoms with Crippen LogP contribution in [0.2, 0.25) is 0 Å². The number of anilines is 1. The third-order valence-electron chi connectivity index (χ3n) is 5.49. The van der Waals surface area contributed by atoms with E-state index in [1.807, 2.05) is 60.7 Å². The first kappa shape index (κ1) is 20.3. The summed E-state index contributed by atoms with van der Waals surface area (Å²) in [4.78, 5) is 20.0. The zero-order chi connectivity index (χ0) is 20.8. The molecule has 0 spiro atoms. The second-order valence-corrected chi connectivity index (χ2v) is 7.63. The number of nitrogen functional groups attached to an aromatic ring is 1. The minimum atomic E-state index is -0.375. The third kappa shape index (κ3) is 5.11. The zero-order valence-corrected chi connectivity index (χ0v) is 16.8. The molecule has 0 aliphatic heterocycles. The summed E-state index contributed by atoms with van der Waals surface area (Å²) in [5.74, 6) is 0.167. The molecule has 2 aromatic carbocycles. The molecule has 0 saturated heterocycles. The topological polar surface area (TPSA) is 92.3 Å². The van der Waals surface area contributed by atoms with Crippen molar-refractivity contribution in [2.75, 3.05) is 12.3 Å². The number of rotatable bonds is 8. The van der Waals surface area contributed by atoms with Crippen LogP contribution in [0.5, 0.6) is 0 Å². The van der Waals surface area contributed by atoms with E-state index in [1.165, 1.54) is 6.33 Å². The molecule has 7 nitrogen and oxygen atoms in total. The molecule has 3 atom stereocenters. The van der Waals surface area contributed by atoms with E-state index in [2.05, 4.69) is 9.97 Å². The summed E-state index contributed by atoms with van der Waals surface area (Å²) in [6.45, 7) is 1.65. The van der Waals surface area contributed by atoms with E-state index in [1.54, 1.807) is 4.57 Å². The van der Waals surface area contributed by atoms with E-state index in [-0.39, 0.29) is 29.7 Å². The Morgan fingerprint density at radius 2 is 1.63 bits per heavy atom. The lowest BCUT2D eigenvalue weighted by atomic mass is 10.1. The van der Waals surface area contributed by atoms with Gasteiger partial charge in [-0.05, 0) is 24.0 Å². The molecule has 3 aromatic rings. The molecule has 1 saturated carbocycles. The second-order valence-electron chi connectivity index (χ2n) is 7.63. The lowest BCUT2D eigenvalue weighted by Crippen LogP contribution is -2.27. The van der Waals surface area contributed by atoms with Crippen LogP contribution in [0, 0.1) is 5.92 Å². The average Bonchev–Trinajstić information content (AvgIpc) is 3.16. The van der Waals surface area contributed by atoms with Crippen molar-refractivity contribution in [2.45, 2.75) is 38.2 Å². The number of benzene rings is 2. The molecular weight excluding hydrogens is 380 g/mol. The van der Waals surface area contributed by atoms with Crippen LogP contribution in [0.15, 0.2) is 71.8 Å². The molecule has 1 aromatic heterocycles. The summed E-state index contributed by atoms with van der Waals surface area (Å²) in [5, 5.41) is 0. The average molecular weight is 406 g/mol. The standard InChI is InChI=1S/C23H26N4O3/c24-22-25-16-27(23(28)26-22)20-11-19(15-29-13-17-7-3-1-4-8-17)21(12-20)30-14-18-9-5-2-6-10-18/h1-10,16,19-21H,11-15H2,(H2,24,26,28)/t19?,20-,21-/m1/s1. The van der Waals surface area contributed by atoms with E-state index >= 15 is 0 Å². The Hall–Kier alpha value is -3.03. The van der Waals surface area contributed by atoms with E-state index in [0.29, 0.717) is 26.2 Å². The van der Waals surface area contributed by atoms with Crippen molar-refractivity contribution in [1.29, 1.82) is 0 Å². The van der Waals surface area contributed by atoms with Crippen molar-refractivity contribution in [1.82, 2.24) is 14.5 Å². The molecule has 1 aliphatic rings. The largest absolute Gasteiger partial charge is 0.376 e. The van der Waals surface area contributed by atoms with Crippen LogP contribution in [0.4, 0.5) is 5.95 Å². The summed E-state index contributed by atoms with van der Waals surface area (Å²) in [6, 6.07) is 20.1. The van der Waals surface area contributed by atoms with E-state index < -0.39 is 0 Å². The molecule has 1 fully saturated rings. The summed E-state index contributed by atoms with van der Waals surface area (Å²) in [7, 11) is 0. The van der Waals surface area contributed by atoms with Crippen molar-refractivity contribution in [3.8, 4) is 0 Å². The Bertz CT molecular complexity index is 994. The van der Waals surface area contributed by atoms with Gasteiger partial charge in [0.25, 0.3) is 0 Å². The molecule has 1 heterocycles. The minimum Gasteiger partial charge on any atom is -0.376 e. The number of nitrogens with zero attached hydrogens (tertiary/aromatic N) is 3. The molecule has 7 heteroatoms. The maximum atomic E-state index is 12.3. The van der Waals surface area contributed by atoms with Gasteiger partial charge >= 0.3 is 5.69 Å². The molecule has 30 heavy (non-hydrogen) atoms. The van der Waals surface area contributed by atoms with Gasteiger partial charge < -0.3 is 15.2 Å². The smallest absolute Gasteiger partial charge is 0.352 e. The van der Waals surface area contributed by atoms with Crippen molar-refractivity contribution in [3.05, 3.63) is 88.6 Å². The third-order valence-corrected chi connectivity index (χ3v) is 5.49. The Morgan fingerprint density at radius 1 is 0.967 bits per heavy atom. The van der Waals surface area contributed by atoms with Crippen LogP contribution in [-0.4, -0.2) is 27.2 Å². The lowest BCUT2D eigenvalue weighted by molar-refractivity contribution is -0.0190. The SMILES string of the molecule is Nc1ncn([C@@H]2CC(COCc3ccccc3)[C@H](OCc3ccccc3)C2)c(=O)n1. The molecule has 1 aliphatic carbocycles. The van der Waals surface area contributed by atoms with Gasteiger partial charge in [-0.15, -0.1) is 0 Å². The number of hydrogen-bond acceptors (Lipinski definition) is 6. The summed E-state index contributed by atoms with van der Waals surface area (Å²) in [6.07, 6.45) is 2.94. The quantitative estimate of drug-likeness (QED) is 0.618. The highest BCUT2D eigenvalue weighted by Gasteiger charge is 2.36. The Kier molecular flexibility index (Phi) is 6.51. The van der Waals surface area contributed by atoms with Gasteiger partial charge in [0.1, 0.15) is 6.33 Å². The van der Waals surface area contributed by atoms with Gasteiger partial charge in [-0.3, -0.25) is 4.57 Å². The van der Waals surface area contributed by atoms with Crippen molar-refractivity contribution in [2.24, 2.45) is 5.92 Å². The first-order valence-electron chi connectivity index (χ1n) is 10.2. The normalized spacial score (nSPS) is 21.0. The van der Waals surface area contributed by atoms with Crippen LogP contribution in [0.3, 0.4) is 0 Å². The van der Waals surface area contributed by atoms with E-state index in [9.17, 15) is 4.79 Å². The van der Waals surface area contributed by atoms with Crippen LogP contribution in [0.25, 0.3) is 0 Å². The number of nitrogens with two attached hydrogens (primary N) is 1. The maximum Gasteiger partial charge on any atom is 0.352 e. The molecule has 4 rings (SSSR count). The predicted molar refractivity (Wildman–Crippen MR) is 114 cm³/mol. The van der Waals surface area contributed by atoms with Gasteiger partial charge in [0, 0.05) is 12.0 Å². The van der Waals surface area contributed by atoms with Gasteiger partial charge in [0.15, 0.2) is 0 Å².